The SMILES string of the molecule is CNc1ccccc1C(=O)N(CCO)CC(F)(F)F. The minimum absolute atomic E-state index is 0.141. The van der Waals surface area contributed by atoms with Crippen LogP contribution in [0, 0.1) is 0 Å². The third-order valence-corrected chi connectivity index (χ3v) is 2.45. The van der Waals surface area contributed by atoms with Gasteiger partial charge in [0.1, 0.15) is 6.54 Å². The largest absolute Gasteiger partial charge is 0.406 e. The van der Waals surface area contributed by atoms with Crippen molar-refractivity contribution in [2.75, 3.05) is 32.1 Å². The number of aliphatic hydroxyl groups excluding tert-OH is 1. The molecule has 1 aromatic rings. The van der Waals surface area contributed by atoms with E-state index in [-0.39, 0.29) is 12.1 Å². The van der Waals surface area contributed by atoms with Gasteiger partial charge in [0, 0.05) is 19.3 Å². The highest BCUT2D eigenvalue weighted by molar-refractivity contribution is 5.99. The molecule has 1 rings (SSSR count). The summed E-state index contributed by atoms with van der Waals surface area (Å²) in [5.74, 6) is -0.767. The molecule has 0 fully saturated rings. The molecular formula is C12H15F3N2O2. The Morgan fingerprint density at radius 3 is 2.53 bits per heavy atom. The number of hydrogen-bond acceptors (Lipinski definition) is 3. The minimum Gasteiger partial charge on any atom is -0.395 e. The summed E-state index contributed by atoms with van der Waals surface area (Å²) in [5.41, 5.74) is 0.584. The third-order valence-electron chi connectivity index (χ3n) is 2.45. The fraction of sp³-hybridized carbons (Fsp3) is 0.417. The molecule has 0 aromatic heterocycles. The molecule has 0 aliphatic rings. The van der Waals surface area contributed by atoms with Crippen LogP contribution >= 0.6 is 0 Å². The van der Waals surface area contributed by atoms with Crippen LogP contribution in [0.4, 0.5) is 18.9 Å². The Bertz CT molecular complexity index is 435. The van der Waals surface area contributed by atoms with Gasteiger partial charge in [-0.3, -0.25) is 4.79 Å². The summed E-state index contributed by atoms with van der Waals surface area (Å²) in [6, 6.07) is 6.27. The van der Waals surface area contributed by atoms with Crippen molar-refractivity contribution >= 4 is 11.6 Å². The van der Waals surface area contributed by atoms with Crippen LogP contribution in [0.25, 0.3) is 0 Å². The summed E-state index contributed by atoms with van der Waals surface area (Å²) in [4.78, 5) is 12.6. The van der Waals surface area contributed by atoms with Gasteiger partial charge in [-0.15, -0.1) is 0 Å². The number of anilines is 1. The summed E-state index contributed by atoms with van der Waals surface area (Å²) in [7, 11) is 1.58. The lowest BCUT2D eigenvalue weighted by Gasteiger charge is -2.24. The van der Waals surface area contributed by atoms with Crippen LogP contribution in [0.5, 0.6) is 0 Å². The summed E-state index contributed by atoms with van der Waals surface area (Å²) in [5, 5.41) is 11.5. The van der Waals surface area contributed by atoms with E-state index in [0.29, 0.717) is 10.6 Å². The van der Waals surface area contributed by atoms with Gasteiger partial charge in [0.2, 0.25) is 0 Å². The average molecular weight is 276 g/mol. The highest BCUT2D eigenvalue weighted by Crippen LogP contribution is 2.21. The van der Waals surface area contributed by atoms with Crippen molar-refractivity contribution < 1.29 is 23.1 Å². The smallest absolute Gasteiger partial charge is 0.395 e. The zero-order chi connectivity index (χ0) is 14.5. The van der Waals surface area contributed by atoms with E-state index in [1.54, 1.807) is 25.2 Å². The topological polar surface area (TPSA) is 52.6 Å². The first-order valence-electron chi connectivity index (χ1n) is 5.62. The molecule has 4 nitrogen and oxygen atoms in total. The Kier molecular flexibility index (Phi) is 5.17. The first-order valence-corrected chi connectivity index (χ1v) is 5.62. The Hall–Kier alpha value is -1.76. The van der Waals surface area contributed by atoms with Crippen LogP contribution < -0.4 is 5.32 Å². The van der Waals surface area contributed by atoms with Crippen LogP contribution in [0.3, 0.4) is 0 Å². The van der Waals surface area contributed by atoms with Crippen LogP contribution in [0.15, 0.2) is 24.3 Å². The quantitative estimate of drug-likeness (QED) is 0.861. The summed E-state index contributed by atoms with van der Waals surface area (Å²) in [6.07, 6.45) is -4.50. The molecule has 0 aliphatic carbocycles. The number of alkyl halides is 3. The van der Waals surface area contributed by atoms with Crippen molar-refractivity contribution in [3.63, 3.8) is 0 Å². The van der Waals surface area contributed by atoms with E-state index >= 15 is 0 Å². The number of nitrogens with one attached hydrogen (secondary N) is 1. The number of amides is 1. The highest BCUT2D eigenvalue weighted by atomic mass is 19.4. The normalized spacial score (nSPS) is 11.2. The monoisotopic (exact) mass is 276 g/mol. The molecule has 0 bridgehead atoms. The Morgan fingerprint density at radius 1 is 1.37 bits per heavy atom. The first-order chi connectivity index (χ1) is 8.89. The van der Waals surface area contributed by atoms with Crippen molar-refractivity contribution in [2.45, 2.75) is 6.18 Å². The number of benzene rings is 1. The van der Waals surface area contributed by atoms with Crippen molar-refractivity contribution in [2.24, 2.45) is 0 Å². The number of rotatable bonds is 5. The lowest BCUT2D eigenvalue weighted by atomic mass is 10.1. The summed E-state index contributed by atoms with van der Waals surface area (Å²) in [6.45, 7) is -2.27. The Morgan fingerprint density at radius 2 is 2.00 bits per heavy atom. The minimum atomic E-state index is -4.50. The standard InChI is InChI=1S/C12H15F3N2O2/c1-16-10-5-3-2-4-9(10)11(19)17(6-7-18)8-12(13,14)15/h2-5,16,18H,6-8H2,1H3. The van der Waals surface area contributed by atoms with Crippen LogP contribution in [-0.4, -0.2) is 48.8 Å². The number of halogens is 3. The Labute approximate surface area is 108 Å². The summed E-state index contributed by atoms with van der Waals surface area (Å²) >= 11 is 0. The van der Waals surface area contributed by atoms with Crippen molar-refractivity contribution in [1.29, 1.82) is 0 Å². The molecule has 0 saturated carbocycles. The molecule has 106 valence electrons. The second-order valence-electron chi connectivity index (χ2n) is 3.86. The van der Waals surface area contributed by atoms with Gasteiger partial charge >= 0.3 is 6.18 Å². The third kappa shape index (κ3) is 4.44. The number of carbonyl (C=O) groups excluding carboxylic acids is 1. The number of carbonyl (C=O) groups is 1. The lowest BCUT2D eigenvalue weighted by Crippen LogP contribution is -2.40. The lowest BCUT2D eigenvalue weighted by molar-refractivity contribution is -0.141. The molecule has 0 atom stereocenters. The van der Waals surface area contributed by atoms with Crippen molar-refractivity contribution in [1.82, 2.24) is 4.90 Å². The van der Waals surface area contributed by atoms with Gasteiger partial charge in [-0.1, -0.05) is 12.1 Å². The fourth-order valence-electron chi connectivity index (χ4n) is 1.65. The molecule has 1 aromatic carbocycles. The molecule has 2 N–H and O–H groups in total. The number of hydrogen-bond donors (Lipinski definition) is 2. The number of aliphatic hydroxyl groups is 1. The molecule has 19 heavy (non-hydrogen) atoms. The molecule has 7 heteroatoms. The van der Waals surface area contributed by atoms with E-state index in [1.807, 2.05) is 0 Å². The van der Waals surface area contributed by atoms with Crippen molar-refractivity contribution in [3.8, 4) is 0 Å². The molecule has 0 saturated heterocycles. The van der Waals surface area contributed by atoms with Crippen LogP contribution in [0.2, 0.25) is 0 Å². The Balaban J connectivity index is 2.99. The first kappa shape index (κ1) is 15.3. The van der Waals surface area contributed by atoms with E-state index < -0.39 is 25.2 Å². The zero-order valence-corrected chi connectivity index (χ0v) is 10.4. The predicted molar refractivity (Wildman–Crippen MR) is 65.0 cm³/mol. The maximum atomic E-state index is 12.4. The van der Waals surface area contributed by atoms with Crippen LogP contribution in [0.1, 0.15) is 10.4 Å². The maximum absolute atomic E-state index is 12.4. The van der Waals surface area contributed by atoms with Gasteiger partial charge < -0.3 is 15.3 Å². The second kappa shape index (κ2) is 6.42. The second-order valence-corrected chi connectivity index (χ2v) is 3.86. The van der Waals surface area contributed by atoms with E-state index in [2.05, 4.69) is 5.32 Å². The van der Waals surface area contributed by atoms with E-state index in [4.69, 9.17) is 5.11 Å². The average Bonchev–Trinajstić information content (AvgIpc) is 2.36. The van der Waals surface area contributed by atoms with Gasteiger partial charge in [0.05, 0.1) is 12.2 Å². The van der Waals surface area contributed by atoms with Gasteiger partial charge in [0.15, 0.2) is 0 Å². The molecule has 0 heterocycles. The number of para-hydroxylation sites is 1. The van der Waals surface area contributed by atoms with E-state index in [9.17, 15) is 18.0 Å². The molecule has 0 unspecified atom stereocenters. The molecule has 0 aliphatic heterocycles. The summed E-state index contributed by atoms with van der Waals surface area (Å²) < 4.78 is 37.2. The van der Waals surface area contributed by atoms with Gasteiger partial charge in [0.25, 0.3) is 5.91 Å². The van der Waals surface area contributed by atoms with Crippen molar-refractivity contribution in [3.05, 3.63) is 29.8 Å². The van der Waals surface area contributed by atoms with E-state index in [1.165, 1.54) is 6.07 Å². The molecule has 0 spiro atoms. The maximum Gasteiger partial charge on any atom is 0.406 e. The fourth-order valence-corrected chi connectivity index (χ4v) is 1.65. The van der Waals surface area contributed by atoms with Crippen LogP contribution in [-0.2, 0) is 0 Å². The molecular weight excluding hydrogens is 261 g/mol. The zero-order valence-electron chi connectivity index (χ0n) is 10.4. The van der Waals surface area contributed by atoms with Gasteiger partial charge in [-0.05, 0) is 12.1 Å². The predicted octanol–water partition coefficient (Wildman–Crippen LogP) is 1.73. The van der Waals surface area contributed by atoms with Gasteiger partial charge in [-0.2, -0.15) is 13.2 Å². The van der Waals surface area contributed by atoms with Gasteiger partial charge in [-0.25, -0.2) is 0 Å². The number of nitrogens with zero attached hydrogens (tertiary/aromatic N) is 1. The highest BCUT2D eigenvalue weighted by Gasteiger charge is 2.33. The molecule has 0 radical (unpaired) electrons. The van der Waals surface area contributed by atoms with E-state index in [0.717, 1.165) is 0 Å². The molecule has 1 amide bonds.